The number of benzene rings is 2. The van der Waals surface area contributed by atoms with Crippen LogP contribution >= 0.6 is 0 Å². The molecule has 1 aliphatic heterocycles. The van der Waals surface area contributed by atoms with Crippen LogP contribution in [0.1, 0.15) is 47.8 Å². The molecule has 3 heterocycles. The Morgan fingerprint density at radius 3 is 2.44 bits per heavy atom. The number of aromatic nitrogens is 3. The van der Waals surface area contributed by atoms with E-state index in [1.807, 2.05) is 12.1 Å². The molecule has 0 aliphatic carbocycles. The summed E-state index contributed by atoms with van der Waals surface area (Å²) < 4.78 is 48.7. The topological polar surface area (TPSA) is 105 Å². The minimum absolute atomic E-state index is 0.0480. The van der Waals surface area contributed by atoms with Crippen molar-refractivity contribution < 1.29 is 32.5 Å². The van der Waals surface area contributed by atoms with E-state index in [0.29, 0.717) is 12.8 Å². The highest BCUT2D eigenvalue weighted by atomic mass is 19.4. The fourth-order valence-corrected chi connectivity index (χ4v) is 5.07. The molecule has 1 aliphatic rings. The largest absolute Gasteiger partial charge is 0.444 e. The van der Waals surface area contributed by atoms with E-state index in [4.69, 9.17) is 4.74 Å². The van der Waals surface area contributed by atoms with Gasteiger partial charge in [-0.05, 0) is 75.1 Å². The Morgan fingerprint density at radius 2 is 1.72 bits per heavy atom. The third-order valence-corrected chi connectivity index (χ3v) is 7.12. The smallest absolute Gasteiger partial charge is 0.420 e. The number of rotatable bonds is 6. The summed E-state index contributed by atoms with van der Waals surface area (Å²) in [6.45, 7) is 6.07. The Hall–Kier alpha value is -4.61. The molecule has 0 radical (unpaired) electrons. The van der Waals surface area contributed by atoms with Crippen LogP contribution in [0.5, 0.6) is 0 Å². The molecular weight excluding hydrogens is 561 g/mol. The van der Waals surface area contributed by atoms with Gasteiger partial charge in [0.1, 0.15) is 17.4 Å². The first-order valence-electron chi connectivity index (χ1n) is 14.0. The van der Waals surface area contributed by atoms with Crippen molar-refractivity contribution in [3.63, 3.8) is 0 Å². The number of nitrogens with one attached hydrogen (secondary N) is 3. The van der Waals surface area contributed by atoms with E-state index < -0.39 is 29.3 Å². The number of alkyl halides is 3. The molecular formula is C31H34F3N6O3+. The zero-order chi connectivity index (χ0) is 30.8. The molecule has 2 aromatic carbocycles. The quantitative estimate of drug-likeness (QED) is 0.307. The van der Waals surface area contributed by atoms with Crippen LogP contribution in [0, 0.1) is 0 Å². The van der Waals surface area contributed by atoms with Gasteiger partial charge in [-0.25, -0.2) is 9.78 Å². The second-order valence-corrected chi connectivity index (χ2v) is 11.5. The summed E-state index contributed by atoms with van der Waals surface area (Å²) in [5.74, 6) is -0.635. The average Bonchev–Trinajstić information content (AvgIpc) is 3.43. The molecule has 12 heteroatoms. The lowest BCUT2D eigenvalue weighted by atomic mass is 10.0. The normalized spacial score (nSPS) is 14.2. The minimum Gasteiger partial charge on any atom is -0.444 e. The Bertz CT molecular complexity index is 1620. The lowest BCUT2D eigenvalue weighted by molar-refractivity contribution is -0.347. The molecule has 0 spiro atoms. The number of aromatic amines is 2. The van der Waals surface area contributed by atoms with Gasteiger partial charge in [0.25, 0.3) is 11.6 Å². The Kier molecular flexibility index (Phi) is 8.30. The molecule has 1 fully saturated rings. The lowest BCUT2D eigenvalue weighted by Crippen LogP contribution is -2.50. The summed E-state index contributed by atoms with van der Waals surface area (Å²) in [6, 6.07) is 13.0. The molecule has 2 aromatic heterocycles. The molecule has 2 amide bonds. The van der Waals surface area contributed by atoms with E-state index in [2.05, 4.69) is 20.3 Å². The van der Waals surface area contributed by atoms with Gasteiger partial charge in [0, 0.05) is 31.7 Å². The molecule has 0 saturated carbocycles. The maximum absolute atomic E-state index is 14.4. The predicted molar refractivity (Wildman–Crippen MR) is 156 cm³/mol. The monoisotopic (exact) mass is 595 g/mol. The van der Waals surface area contributed by atoms with Crippen molar-refractivity contribution in [3.8, 4) is 0 Å². The van der Waals surface area contributed by atoms with Crippen LogP contribution in [0.4, 0.5) is 29.3 Å². The molecule has 5 rings (SSSR count). The molecule has 226 valence electrons. The zero-order valence-electron chi connectivity index (χ0n) is 24.2. The maximum Gasteiger partial charge on any atom is 0.420 e. The third-order valence-electron chi connectivity index (χ3n) is 7.12. The molecule has 0 unspecified atom stereocenters. The van der Waals surface area contributed by atoms with Crippen molar-refractivity contribution in [2.45, 2.75) is 45.4 Å². The number of carbonyl (C=O) groups is 2. The second kappa shape index (κ2) is 11.9. The van der Waals surface area contributed by atoms with Crippen molar-refractivity contribution in [1.29, 1.82) is 0 Å². The zero-order valence-corrected chi connectivity index (χ0v) is 24.2. The fourth-order valence-electron chi connectivity index (χ4n) is 5.07. The van der Waals surface area contributed by atoms with Gasteiger partial charge in [-0.1, -0.05) is 18.2 Å². The third kappa shape index (κ3) is 7.25. The molecule has 1 saturated heterocycles. The van der Waals surface area contributed by atoms with Crippen molar-refractivity contribution in [2.24, 2.45) is 0 Å². The predicted octanol–water partition coefficient (Wildman–Crippen LogP) is 5.49. The molecule has 9 nitrogen and oxygen atoms in total. The second-order valence-electron chi connectivity index (χ2n) is 11.5. The van der Waals surface area contributed by atoms with Crippen LogP contribution in [0.3, 0.4) is 0 Å². The van der Waals surface area contributed by atoms with Crippen LogP contribution < -0.4 is 15.2 Å². The highest BCUT2D eigenvalue weighted by Crippen LogP contribution is 2.42. The summed E-state index contributed by atoms with van der Waals surface area (Å²) in [5.41, 5.74) is 1.83. The van der Waals surface area contributed by atoms with Crippen molar-refractivity contribution in [1.82, 2.24) is 14.9 Å². The van der Waals surface area contributed by atoms with E-state index in [9.17, 15) is 22.8 Å². The molecule has 4 aromatic rings. The minimum atomic E-state index is -4.73. The maximum atomic E-state index is 14.4. The van der Waals surface area contributed by atoms with Gasteiger partial charge < -0.3 is 19.9 Å². The summed E-state index contributed by atoms with van der Waals surface area (Å²) in [4.78, 5) is 39.1. The number of halogens is 3. The van der Waals surface area contributed by atoms with Gasteiger partial charge in [-0.2, -0.15) is 13.2 Å². The number of fused-ring (bicyclic) bond motifs is 1. The van der Waals surface area contributed by atoms with Crippen molar-refractivity contribution in [2.75, 3.05) is 36.4 Å². The van der Waals surface area contributed by atoms with Gasteiger partial charge in [0.2, 0.25) is 0 Å². The highest BCUT2D eigenvalue weighted by Gasteiger charge is 2.39. The first kappa shape index (κ1) is 29.9. The van der Waals surface area contributed by atoms with E-state index in [0.717, 1.165) is 22.3 Å². The van der Waals surface area contributed by atoms with Crippen LogP contribution in [-0.4, -0.2) is 58.6 Å². The number of aryl methyl sites for hydroxylation is 2. The summed E-state index contributed by atoms with van der Waals surface area (Å²) in [5, 5.41) is 2.50. The van der Waals surface area contributed by atoms with Gasteiger partial charge in [-0.15, -0.1) is 4.98 Å². The first-order valence-corrected chi connectivity index (χ1v) is 14.0. The number of imidazole rings is 1. The van der Waals surface area contributed by atoms with Crippen LogP contribution in [-0.2, 0) is 23.8 Å². The van der Waals surface area contributed by atoms with Gasteiger partial charge >= 0.3 is 12.3 Å². The number of H-pyrrole nitrogens is 2. The summed E-state index contributed by atoms with van der Waals surface area (Å²) >= 11 is 0. The molecule has 3 N–H and O–H groups in total. The van der Waals surface area contributed by atoms with Crippen LogP contribution in [0.2, 0.25) is 0 Å². The number of pyridine rings is 1. The summed E-state index contributed by atoms with van der Waals surface area (Å²) in [6.07, 6.45) is -0.438. The Morgan fingerprint density at radius 1 is 1.00 bits per heavy atom. The lowest BCUT2D eigenvalue weighted by Gasteiger charge is -2.38. The number of hydrogen-bond donors (Lipinski definition) is 2. The number of hydrogen-bond acceptors (Lipinski definition) is 5. The fraction of sp³-hybridized carbons (Fsp3) is 0.355. The highest BCUT2D eigenvalue weighted by molar-refractivity contribution is 6.05. The van der Waals surface area contributed by atoms with E-state index >= 15 is 0 Å². The summed E-state index contributed by atoms with van der Waals surface area (Å²) in [7, 11) is 0. The number of amides is 2. The van der Waals surface area contributed by atoms with Crippen LogP contribution in [0.15, 0.2) is 61.1 Å². The van der Waals surface area contributed by atoms with Gasteiger partial charge in [0.05, 0.1) is 11.4 Å². The van der Waals surface area contributed by atoms with Crippen molar-refractivity contribution in [3.05, 3.63) is 83.3 Å². The van der Waals surface area contributed by atoms with E-state index in [1.54, 1.807) is 56.4 Å². The van der Waals surface area contributed by atoms with E-state index in [-0.39, 0.29) is 43.1 Å². The average molecular weight is 596 g/mol. The van der Waals surface area contributed by atoms with Crippen molar-refractivity contribution >= 4 is 34.5 Å². The number of piperazine rings is 1. The van der Waals surface area contributed by atoms with E-state index in [1.165, 1.54) is 23.1 Å². The Labute approximate surface area is 247 Å². The number of nitrogens with zero attached hydrogens (tertiary/aromatic N) is 3. The van der Waals surface area contributed by atoms with Gasteiger partial charge in [0.15, 0.2) is 11.8 Å². The Balaban J connectivity index is 1.29. The first-order chi connectivity index (χ1) is 20.4. The number of carbonyl (C=O) groups excluding carboxylic acids is 2. The molecule has 43 heavy (non-hydrogen) atoms. The number of ether oxygens (including phenoxy) is 1. The molecule has 0 atom stereocenters. The standard InChI is InChI=1S/C31H33F3N6O3/c1-30(2,3)43-29(42)40-14-12-39(13-15-40)25-9-5-8-23(26(25)31(32,33)34)38-28(41)22-7-4-6-20(16-22)10-11-21-17-24-27(35-18-21)37-19-36-24/h4-9,16-19H,10-15H2,1-3H3,(H,38,41)(H,35,36,37)/p+1. The SMILES string of the molecule is CC(C)(C)OC(=O)N1CCN(c2cccc(NC(=O)c3cccc(CCc4cnc5[nH+]c[nH]c5c4)c3)c2C(F)(F)F)CC1. The van der Waals surface area contributed by atoms with Crippen LogP contribution in [0.25, 0.3) is 11.2 Å². The molecule has 0 bridgehead atoms. The van der Waals surface area contributed by atoms with Gasteiger partial charge in [-0.3, -0.25) is 9.78 Å². The number of anilines is 2.